The van der Waals surface area contributed by atoms with Crippen molar-refractivity contribution in [2.45, 2.75) is 6.42 Å². The van der Waals surface area contributed by atoms with Gasteiger partial charge in [0.05, 0.1) is 0 Å². The third-order valence-electron chi connectivity index (χ3n) is 2.62. The van der Waals surface area contributed by atoms with Gasteiger partial charge in [-0.1, -0.05) is 0 Å². The average molecular weight is 261 g/mol. The van der Waals surface area contributed by atoms with Crippen LogP contribution in [0.3, 0.4) is 0 Å². The maximum absolute atomic E-state index is 5.82. The second kappa shape index (κ2) is 4.95. The van der Waals surface area contributed by atoms with E-state index in [4.69, 9.17) is 4.74 Å². The Morgan fingerprint density at radius 3 is 2.56 bits per heavy atom. The van der Waals surface area contributed by atoms with Gasteiger partial charge in [-0.3, -0.25) is 0 Å². The first-order chi connectivity index (χ1) is 7.34. The van der Waals surface area contributed by atoms with Crippen molar-refractivity contribution in [3.63, 3.8) is 0 Å². The number of ether oxygens (including phenoxy) is 1. The molecule has 1 aliphatic heterocycles. The summed E-state index contributed by atoms with van der Waals surface area (Å²) in [6.07, 6.45) is 0.922. The Hall–Kier alpha value is -0.241. The molecule has 0 saturated carbocycles. The number of hydrogen-bond donors (Lipinski definition) is 0. The Morgan fingerprint density at radius 1 is 0.938 bits per heavy atom. The fourth-order valence-electron chi connectivity index (χ4n) is 1.86. The monoisotopic (exact) mass is 261 g/mol. The van der Waals surface area contributed by atoms with Gasteiger partial charge < -0.3 is 0 Å². The zero-order valence-electron chi connectivity index (χ0n) is 8.01. The Bertz CT molecular complexity index is 525. The summed E-state index contributed by atoms with van der Waals surface area (Å²) in [6.45, 7) is 0. The molecule has 0 bridgehead atoms. The Balaban J connectivity index is 0.000000963. The molecule has 0 fully saturated rings. The molecule has 0 saturated heterocycles. The molecule has 0 aromatic heterocycles. The van der Waals surface area contributed by atoms with E-state index in [0.29, 0.717) is 0 Å². The van der Waals surface area contributed by atoms with Crippen LogP contribution in [-0.4, -0.2) is 29.6 Å². The van der Waals surface area contributed by atoms with Crippen molar-refractivity contribution < 1.29 is 20.7 Å². The molecule has 0 aliphatic carbocycles. The van der Waals surface area contributed by atoms with Gasteiger partial charge in [-0.05, 0) is 0 Å². The maximum atomic E-state index is 5.82. The van der Waals surface area contributed by atoms with E-state index >= 15 is 0 Å². The summed E-state index contributed by atoms with van der Waals surface area (Å²) in [5.41, 5.74) is 2.44. The summed E-state index contributed by atoms with van der Waals surface area (Å²) in [5, 5.41) is 0. The topological polar surface area (TPSA) is 9.23 Å². The minimum atomic E-state index is 0. The van der Waals surface area contributed by atoms with Gasteiger partial charge in [0.15, 0.2) is 0 Å². The van der Waals surface area contributed by atoms with Crippen molar-refractivity contribution in [1.82, 2.24) is 0 Å². The molecular weight excluding hydrogens is 251 g/mol. The van der Waals surface area contributed by atoms with Crippen molar-refractivity contribution in [1.29, 1.82) is 0 Å². The van der Waals surface area contributed by atoms with Crippen LogP contribution < -0.4 is 9.20 Å². The zero-order chi connectivity index (χ0) is 10.3. The fraction of sp³-hybridized carbons (Fsp3) is 0.0769. The van der Waals surface area contributed by atoms with E-state index in [0.717, 1.165) is 22.4 Å². The molecule has 1 aliphatic rings. The van der Waals surface area contributed by atoms with E-state index < -0.39 is 0 Å². The number of rotatable bonds is 0. The van der Waals surface area contributed by atoms with Gasteiger partial charge in [0.2, 0.25) is 0 Å². The molecule has 0 N–H and O–H groups in total. The molecule has 0 radical (unpaired) electrons. The Labute approximate surface area is 125 Å². The van der Waals surface area contributed by atoms with Gasteiger partial charge >= 0.3 is 126 Å². The molecule has 1 nitrogen and oxygen atoms in total. The molecule has 3 rings (SSSR count). The van der Waals surface area contributed by atoms with Crippen LogP contribution in [0.1, 0.15) is 11.1 Å². The molecule has 2 aromatic carbocycles. The molecule has 77 valence electrons. The first-order valence-electron chi connectivity index (χ1n) is 4.86. The number of para-hydroxylation sites is 1. The van der Waals surface area contributed by atoms with Crippen molar-refractivity contribution >= 4 is 34.0 Å². The number of hydrogen-bond acceptors (Lipinski definition) is 1. The Kier molecular flexibility index (Phi) is 3.78. The third kappa shape index (κ3) is 2.09. The van der Waals surface area contributed by atoms with E-state index in [-0.39, 0.29) is 29.6 Å². The predicted molar refractivity (Wildman–Crippen MR) is 62.5 cm³/mol. The van der Waals surface area contributed by atoms with Crippen LogP contribution in [0, 0.1) is 0 Å². The van der Waals surface area contributed by atoms with Crippen LogP contribution in [0.15, 0.2) is 42.5 Å². The van der Waals surface area contributed by atoms with Gasteiger partial charge in [0.1, 0.15) is 0 Å². The van der Waals surface area contributed by atoms with Crippen molar-refractivity contribution in [3.05, 3.63) is 53.6 Å². The van der Waals surface area contributed by atoms with Gasteiger partial charge in [-0.2, -0.15) is 0 Å². The molecule has 2 aromatic rings. The minimum absolute atomic E-state index is 0. The van der Waals surface area contributed by atoms with E-state index in [1.165, 1.54) is 11.1 Å². The first kappa shape index (κ1) is 12.2. The van der Waals surface area contributed by atoms with E-state index in [1.807, 2.05) is 36.4 Å². The van der Waals surface area contributed by atoms with E-state index in [9.17, 15) is 0 Å². The first-order valence-corrected chi connectivity index (χ1v) is 5.42. The molecule has 16 heavy (non-hydrogen) atoms. The van der Waals surface area contributed by atoms with Gasteiger partial charge in [0, 0.05) is 0 Å². The van der Waals surface area contributed by atoms with Crippen molar-refractivity contribution in [3.8, 4) is 11.5 Å². The quantitative estimate of drug-likeness (QED) is 0.562. The van der Waals surface area contributed by atoms with E-state index in [1.54, 1.807) is 0 Å². The number of benzene rings is 2. The van der Waals surface area contributed by atoms with Crippen LogP contribution >= 0.6 is 0 Å². The fourth-order valence-corrected chi connectivity index (χ4v) is 2.20. The van der Waals surface area contributed by atoms with Crippen LogP contribution in [0.25, 0.3) is 0 Å². The summed E-state index contributed by atoms with van der Waals surface area (Å²) in [5.74, 6) is 1.91. The zero-order valence-corrected chi connectivity index (χ0v) is 9.11. The summed E-state index contributed by atoms with van der Waals surface area (Å²) in [7, 11) is 0. The molecule has 0 amide bonds. The van der Waals surface area contributed by atoms with E-state index in [2.05, 4.69) is 22.1 Å². The standard InChI is InChI=1S/C13H9O.Fe.Na.H/c1-3-7-12-10(5-1)9-11-6-2-4-8-13(11)14-12;;;/h1-5,7-8H,9H2;;;. The van der Waals surface area contributed by atoms with Crippen LogP contribution in [0.2, 0.25) is 0 Å². The van der Waals surface area contributed by atoms with Crippen molar-refractivity contribution in [2.24, 2.45) is 0 Å². The predicted octanol–water partition coefficient (Wildman–Crippen LogP) is 1.91. The molecule has 0 unspecified atom stereocenters. The third-order valence-corrected chi connectivity index (χ3v) is 3.14. The van der Waals surface area contributed by atoms with Crippen LogP contribution in [0.5, 0.6) is 11.5 Å². The van der Waals surface area contributed by atoms with Crippen molar-refractivity contribution in [2.75, 3.05) is 0 Å². The normalized spacial score (nSPS) is 11.8. The molecule has 0 spiro atoms. The number of fused-ring (bicyclic) bond motifs is 2. The Morgan fingerprint density at radius 2 is 1.69 bits per heavy atom. The second-order valence-corrected chi connectivity index (χ2v) is 4.18. The summed E-state index contributed by atoms with van der Waals surface area (Å²) in [6, 6.07) is 14.2. The second-order valence-electron chi connectivity index (χ2n) is 3.59. The SMILES string of the molecule is [Fe][c]1cccc2c1Cc1ccccc1O2.[NaH]. The van der Waals surface area contributed by atoms with Gasteiger partial charge in [-0.25, -0.2) is 0 Å². The average Bonchev–Trinajstić information content (AvgIpc) is 2.27. The van der Waals surface area contributed by atoms with Crippen LogP contribution in [-0.2, 0) is 22.4 Å². The van der Waals surface area contributed by atoms with Crippen LogP contribution in [0.4, 0.5) is 0 Å². The summed E-state index contributed by atoms with van der Waals surface area (Å²) < 4.78 is 6.88. The summed E-state index contributed by atoms with van der Waals surface area (Å²) >= 11 is 4.03. The van der Waals surface area contributed by atoms with Gasteiger partial charge in [-0.15, -0.1) is 0 Å². The summed E-state index contributed by atoms with van der Waals surface area (Å²) in [4.78, 5) is 0. The molecular formula is C13H10FeNaO. The molecule has 1 heterocycles. The molecule has 0 atom stereocenters. The molecule has 3 heteroatoms. The van der Waals surface area contributed by atoms with Gasteiger partial charge in [0.25, 0.3) is 0 Å².